The van der Waals surface area contributed by atoms with Crippen LogP contribution in [0.3, 0.4) is 0 Å². The summed E-state index contributed by atoms with van der Waals surface area (Å²) < 4.78 is 13.2. The first-order chi connectivity index (χ1) is 9.58. The van der Waals surface area contributed by atoms with Crippen LogP contribution in [0.4, 0.5) is 10.1 Å². The molecule has 1 aliphatic carbocycles. The van der Waals surface area contributed by atoms with E-state index in [1.165, 1.54) is 0 Å². The van der Waals surface area contributed by atoms with Gasteiger partial charge in [0, 0.05) is 12.6 Å². The van der Waals surface area contributed by atoms with Gasteiger partial charge in [0.05, 0.1) is 4.92 Å². The van der Waals surface area contributed by atoms with Crippen LogP contribution in [0, 0.1) is 21.8 Å². The minimum atomic E-state index is -0.683. The molecular weight excluding hydrogens is 263 g/mol. The second-order valence-electron chi connectivity index (χ2n) is 4.78. The minimum absolute atomic E-state index is 0.235. The van der Waals surface area contributed by atoms with Crippen LogP contribution >= 0.6 is 0 Å². The Bertz CT molecular complexity index is 557. The number of allylic oxidation sites excluding steroid dienone is 2. The van der Waals surface area contributed by atoms with Crippen molar-refractivity contribution >= 4 is 11.6 Å². The Hall–Kier alpha value is -2.24. The molecule has 0 fully saturated rings. The van der Waals surface area contributed by atoms with Gasteiger partial charge in [-0.1, -0.05) is 12.2 Å². The monoisotopic (exact) mass is 278 g/mol. The molecule has 20 heavy (non-hydrogen) atoms. The number of amides is 1. The molecule has 0 radical (unpaired) electrons. The van der Waals surface area contributed by atoms with E-state index in [0.717, 1.165) is 37.5 Å². The van der Waals surface area contributed by atoms with Gasteiger partial charge in [-0.15, -0.1) is 0 Å². The highest BCUT2D eigenvalue weighted by Gasteiger charge is 2.21. The van der Waals surface area contributed by atoms with Gasteiger partial charge < -0.3 is 5.32 Å². The molecule has 1 amide bonds. The SMILES string of the molecule is O=C(NCC1CC=CCC1)c1cc(F)ccc1[N+](=O)[O-]. The smallest absolute Gasteiger partial charge is 0.282 e. The zero-order chi connectivity index (χ0) is 14.5. The number of nitro benzene ring substituents is 1. The van der Waals surface area contributed by atoms with E-state index < -0.39 is 16.6 Å². The van der Waals surface area contributed by atoms with E-state index in [4.69, 9.17) is 0 Å². The van der Waals surface area contributed by atoms with Crippen LogP contribution in [-0.4, -0.2) is 17.4 Å². The van der Waals surface area contributed by atoms with E-state index >= 15 is 0 Å². The number of carbonyl (C=O) groups excluding carboxylic acids is 1. The van der Waals surface area contributed by atoms with Crippen molar-refractivity contribution in [2.45, 2.75) is 19.3 Å². The van der Waals surface area contributed by atoms with Crippen LogP contribution in [0.5, 0.6) is 0 Å². The van der Waals surface area contributed by atoms with Gasteiger partial charge in [0.25, 0.3) is 11.6 Å². The Morgan fingerprint density at radius 1 is 1.45 bits per heavy atom. The van der Waals surface area contributed by atoms with Crippen molar-refractivity contribution in [2.75, 3.05) is 6.54 Å². The van der Waals surface area contributed by atoms with Crippen molar-refractivity contribution in [3.63, 3.8) is 0 Å². The highest BCUT2D eigenvalue weighted by molar-refractivity contribution is 5.98. The molecule has 1 N–H and O–H groups in total. The van der Waals surface area contributed by atoms with Gasteiger partial charge in [-0.05, 0) is 37.3 Å². The summed E-state index contributed by atoms with van der Waals surface area (Å²) in [6, 6.07) is 2.88. The predicted octanol–water partition coefficient (Wildman–Crippen LogP) is 2.82. The number of nitrogens with one attached hydrogen (secondary N) is 1. The Balaban J connectivity index is 2.06. The number of nitrogens with zero attached hydrogens (tertiary/aromatic N) is 1. The lowest BCUT2D eigenvalue weighted by molar-refractivity contribution is -0.385. The van der Waals surface area contributed by atoms with Crippen molar-refractivity contribution in [3.05, 3.63) is 51.8 Å². The molecule has 1 aliphatic rings. The molecule has 0 spiro atoms. The molecule has 1 aromatic carbocycles. The Labute approximate surface area is 115 Å². The highest BCUT2D eigenvalue weighted by Crippen LogP contribution is 2.20. The third-order valence-corrected chi connectivity index (χ3v) is 3.33. The molecule has 0 aromatic heterocycles. The summed E-state index contributed by atoms with van der Waals surface area (Å²) in [6.07, 6.45) is 6.98. The fourth-order valence-corrected chi connectivity index (χ4v) is 2.22. The summed E-state index contributed by atoms with van der Waals surface area (Å²) in [5.74, 6) is -0.941. The van der Waals surface area contributed by atoms with Crippen LogP contribution in [0.15, 0.2) is 30.4 Å². The van der Waals surface area contributed by atoms with Gasteiger partial charge >= 0.3 is 0 Å². The van der Waals surface area contributed by atoms with Crippen molar-refractivity contribution in [3.8, 4) is 0 Å². The molecule has 106 valence electrons. The van der Waals surface area contributed by atoms with E-state index in [0.29, 0.717) is 12.5 Å². The van der Waals surface area contributed by atoms with Crippen LogP contribution < -0.4 is 5.32 Å². The molecule has 0 heterocycles. The van der Waals surface area contributed by atoms with E-state index in [1.807, 2.05) is 0 Å². The van der Waals surface area contributed by atoms with Gasteiger partial charge in [-0.3, -0.25) is 14.9 Å². The number of hydrogen-bond acceptors (Lipinski definition) is 3. The summed E-state index contributed by atoms with van der Waals surface area (Å²) in [5.41, 5.74) is -0.617. The summed E-state index contributed by atoms with van der Waals surface area (Å²) in [6.45, 7) is 0.441. The largest absolute Gasteiger partial charge is 0.352 e. The van der Waals surface area contributed by atoms with Gasteiger partial charge in [0.1, 0.15) is 11.4 Å². The molecule has 1 atom stereocenters. The first-order valence-electron chi connectivity index (χ1n) is 6.45. The molecule has 0 aliphatic heterocycles. The van der Waals surface area contributed by atoms with Crippen molar-refractivity contribution in [1.82, 2.24) is 5.32 Å². The first-order valence-corrected chi connectivity index (χ1v) is 6.45. The molecule has 6 heteroatoms. The van der Waals surface area contributed by atoms with E-state index in [2.05, 4.69) is 17.5 Å². The molecule has 2 rings (SSSR count). The van der Waals surface area contributed by atoms with Gasteiger partial charge in [-0.25, -0.2) is 4.39 Å². The molecule has 1 aromatic rings. The molecule has 1 unspecified atom stereocenters. The summed E-state index contributed by atoms with van der Waals surface area (Å²) in [4.78, 5) is 22.1. The van der Waals surface area contributed by atoms with Crippen LogP contribution in [0.25, 0.3) is 0 Å². The average Bonchev–Trinajstić information content (AvgIpc) is 2.45. The van der Waals surface area contributed by atoms with Crippen LogP contribution in [0.2, 0.25) is 0 Å². The average molecular weight is 278 g/mol. The second kappa shape index (κ2) is 6.27. The summed E-state index contributed by atoms with van der Waals surface area (Å²) >= 11 is 0. The molecule has 0 saturated heterocycles. The quantitative estimate of drug-likeness (QED) is 0.523. The third kappa shape index (κ3) is 3.40. The lowest BCUT2D eigenvalue weighted by atomic mass is 9.94. The second-order valence-corrected chi connectivity index (χ2v) is 4.78. The normalized spacial score (nSPS) is 17.8. The Morgan fingerprint density at radius 3 is 2.90 bits per heavy atom. The maximum atomic E-state index is 13.2. The zero-order valence-electron chi connectivity index (χ0n) is 10.8. The van der Waals surface area contributed by atoms with Gasteiger partial charge in [-0.2, -0.15) is 0 Å². The standard InChI is InChI=1S/C14H15FN2O3/c15-11-6-7-13(17(19)20)12(8-11)14(18)16-9-10-4-2-1-3-5-10/h1-2,6-8,10H,3-5,9H2,(H,16,18). The van der Waals surface area contributed by atoms with Gasteiger partial charge in [0.2, 0.25) is 0 Å². The van der Waals surface area contributed by atoms with Gasteiger partial charge in [0.15, 0.2) is 0 Å². The molecule has 5 nitrogen and oxygen atoms in total. The van der Waals surface area contributed by atoms with Crippen molar-refractivity contribution in [1.29, 1.82) is 0 Å². The minimum Gasteiger partial charge on any atom is -0.352 e. The van der Waals surface area contributed by atoms with E-state index in [1.54, 1.807) is 0 Å². The van der Waals surface area contributed by atoms with Crippen molar-refractivity contribution in [2.24, 2.45) is 5.92 Å². The Kier molecular flexibility index (Phi) is 4.45. The molecular formula is C14H15FN2O3. The van der Waals surface area contributed by atoms with Crippen LogP contribution in [-0.2, 0) is 0 Å². The highest BCUT2D eigenvalue weighted by atomic mass is 19.1. The first kappa shape index (κ1) is 14.2. The van der Waals surface area contributed by atoms with E-state index in [-0.39, 0.29) is 11.3 Å². The maximum absolute atomic E-state index is 13.2. The third-order valence-electron chi connectivity index (χ3n) is 3.33. The van der Waals surface area contributed by atoms with E-state index in [9.17, 15) is 19.3 Å². The number of carbonyl (C=O) groups is 1. The lowest BCUT2D eigenvalue weighted by Gasteiger charge is -2.18. The number of hydrogen-bond donors (Lipinski definition) is 1. The molecule has 0 saturated carbocycles. The summed E-state index contributed by atoms with van der Waals surface area (Å²) in [5, 5.41) is 13.5. The fraction of sp³-hybridized carbons (Fsp3) is 0.357. The zero-order valence-corrected chi connectivity index (χ0v) is 10.8. The van der Waals surface area contributed by atoms with Crippen molar-refractivity contribution < 1.29 is 14.1 Å². The Morgan fingerprint density at radius 2 is 2.25 bits per heavy atom. The number of halogens is 1. The predicted molar refractivity (Wildman–Crippen MR) is 71.9 cm³/mol. The summed E-state index contributed by atoms with van der Waals surface area (Å²) in [7, 11) is 0. The number of nitro groups is 1. The number of rotatable bonds is 4. The van der Waals surface area contributed by atoms with Crippen LogP contribution in [0.1, 0.15) is 29.6 Å². The maximum Gasteiger partial charge on any atom is 0.282 e. The number of benzene rings is 1. The lowest BCUT2D eigenvalue weighted by Crippen LogP contribution is -2.30. The topological polar surface area (TPSA) is 72.2 Å². The molecule has 0 bridgehead atoms. The fourth-order valence-electron chi connectivity index (χ4n) is 2.22.